The molecule has 1 heteroatoms. The molecule has 45 valence electrons. The fourth-order valence-corrected chi connectivity index (χ4v) is 0.786. The molecule has 0 amide bonds. The monoisotopic (exact) mass is 110 g/mol. The van der Waals surface area contributed by atoms with Crippen molar-refractivity contribution in [3.8, 4) is 0 Å². The van der Waals surface area contributed by atoms with Gasteiger partial charge < -0.3 is 5.32 Å². The average Bonchev–Trinajstić information content (AvgIpc) is 1.62. The molecular formula is C7H12N. The zero-order chi connectivity index (χ0) is 5.66. The van der Waals surface area contributed by atoms with Gasteiger partial charge in [-0.2, -0.15) is 0 Å². The van der Waals surface area contributed by atoms with E-state index >= 15 is 0 Å². The zero-order valence-electron chi connectivity index (χ0n) is 5.06. The van der Waals surface area contributed by atoms with Gasteiger partial charge in [-0.15, -0.1) is 0 Å². The summed E-state index contributed by atoms with van der Waals surface area (Å²) in [7, 11) is 0. The second-order valence-corrected chi connectivity index (χ2v) is 2.00. The van der Waals surface area contributed by atoms with Crippen LogP contribution in [0.1, 0.15) is 19.3 Å². The van der Waals surface area contributed by atoms with Gasteiger partial charge in [0.15, 0.2) is 0 Å². The van der Waals surface area contributed by atoms with Crippen molar-refractivity contribution in [3.63, 3.8) is 0 Å². The largest absolute Gasteiger partial charge is 0.312 e. The molecule has 0 aromatic heterocycles. The summed E-state index contributed by atoms with van der Waals surface area (Å²) in [6.45, 7) is 3.25. The van der Waals surface area contributed by atoms with Gasteiger partial charge in [-0.3, -0.25) is 0 Å². The van der Waals surface area contributed by atoms with Crippen LogP contribution in [0.3, 0.4) is 0 Å². The van der Waals surface area contributed by atoms with E-state index in [-0.39, 0.29) is 0 Å². The molecule has 0 saturated heterocycles. The highest BCUT2D eigenvalue weighted by Gasteiger charge is 1.88. The lowest BCUT2D eigenvalue weighted by Crippen LogP contribution is -2.11. The van der Waals surface area contributed by atoms with Crippen molar-refractivity contribution in [3.05, 3.63) is 18.7 Å². The Labute approximate surface area is 50.8 Å². The van der Waals surface area contributed by atoms with Crippen LogP contribution in [0, 0.1) is 6.54 Å². The first kappa shape index (κ1) is 5.83. The van der Waals surface area contributed by atoms with Gasteiger partial charge in [-0.1, -0.05) is 12.2 Å². The van der Waals surface area contributed by atoms with Crippen LogP contribution in [0.25, 0.3) is 0 Å². The van der Waals surface area contributed by atoms with Gasteiger partial charge in [-0.25, -0.2) is 0 Å². The van der Waals surface area contributed by atoms with Crippen molar-refractivity contribution < 1.29 is 0 Å². The first-order valence-electron chi connectivity index (χ1n) is 3.20. The summed E-state index contributed by atoms with van der Waals surface area (Å²) in [6.07, 6.45) is 8.04. The molecule has 0 atom stereocenters. The van der Waals surface area contributed by atoms with Gasteiger partial charge in [0.2, 0.25) is 0 Å². The van der Waals surface area contributed by atoms with E-state index in [1.54, 1.807) is 0 Å². The minimum Gasteiger partial charge on any atom is -0.312 e. The molecule has 0 aromatic carbocycles. The quantitative estimate of drug-likeness (QED) is 0.466. The maximum absolute atomic E-state index is 3.21. The molecule has 0 saturated carbocycles. The van der Waals surface area contributed by atoms with E-state index < -0.39 is 0 Å². The van der Waals surface area contributed by atoms with E-state index in [1.165, 1.54) is 19.3 Å². The third-order valence-electron chi connectivity index (χ3n) is 1.24. The molecule has 1 radical (unpaired) electrons. The Morgan fingerprint density at radius 1 is 1.00 bits per heavy atom. The van der Waals surface area contributed by atoms with Crippen molar-refractivity contribution in [2.45, 2.75) is 19.3 Å². The Morgan fingerprint density at radius 2 is 1.88 bits per heavy atom. The highest BCUT2D eigenvalue weighted by Crippen LogP contribution is 1.97. The summed E-state index contributed by atoms with van der Waals surface area (Å²) >= 11 is 0. The third kappa shape index (κ3) is 2.12. The van der Waals surface area contributed by atoms with Crippen LogP contribution in [0.4, 0.5) is 0 Å². The Balaban J connectivity index is 2.17. The van der Waals surface area contributed by atoms with Crippen LogP contribution < -0.4 is 5.32 Å². The fraction of sp³-hybridized carbons (Fsp3) is 0.571. The van der Waals surface area contributed by atoms with E-state index in [9.17, 15) is 0 Å². The topological polar surface area (TPSA) is 12.0 Å². The van der Waals surface area contributed by atoms with Gasteiger partial charge in [0.1, 0.15) is 0 Å². The zero-order valence-corrected chi connectivity index (χ0v) is 5.06. The smallest absolute Gasteiger partial charge is 0.0224 e. The molecule has 1 heterocycles. The minimum atomic E-state index is 1.11. The molecule has 1 nitrogen and oxygen atoms in total. The standard InChI is InChI=1S/C7H12N/c1-2-4-6-8-7-5-3-1/h1-2,7-8H,3-6H2. The number of allylic oxidation sites excluding steroid dienone is 1. The molecule has 0 spiro atoms. The highest BCUT2D eigenvalue weighted by molar-refractivity contribution is 4.86. The number of rotatable bonds is 0. The second kappa shape index (κ2) is 3.67. The predicted octanol–water partition coefficient (Wildman–Crippen LogP) is 1.48. The lowest BCUT2D eigenvalue weighted by molar-refractivity contribution is 0.725. The third-order valence-corrected chi connectivity index (χ3v) is 1.24. The Morgan fingerprint density at radius 3 is 2.88 bits per heavy atom. The number of nitrogens with one attached hydrogen (secondary N) is 1. The van der Waals surface area contributed by atoms with Gasteiger partial charge in [0, 0.05) is 6.54 Å². The van der Waals surface area contributed by atoms with E-state index in [4.69, 9.17) is 0 Å². The first-order valence-corrected chi connectivity index (χ1v) is 3.20. The minimum absolute atomic E-state index is 1.11. The summed E-state index contributed by atoms with van der Waals surface area (Å²) in [5.41, 5.74) is 0. The number of hydrogen-bond donors (Lipinski definition) is 1. The SMILES string of the molecule is [CH]1CCC=CCCN1. The van der Waals surface area contributed by atoms with Crippen molar-refractivity contribution in [1.29, 1.82) is 0 Å². The van der Waals surface area contributed by atoms with Crippen molar-refractivity contribution in [2.75, 3.05) is 6.54 Å². The van der Waals surface area contributed by atoms with Gasteiger partial charge in [-0.05, 0) is 25.8 Å². The molecule has 0 aliphatic carbocycles. The summed E-state index contributed by atoms with van der Waals surface area (Å²) in [5, 5.41) is 3.21. The summed E-state index contributed by atoms with van der Waals surface area (Å²) in [6, 6.07) is 0. The van der Waals surface area contributed by atoms with Crippen LogP contribution >= 0.6 is 0 Å². The Bertz CT molecular complexity index is 66.5. The summed E-state index contributed by atoms with van der Waals surface area (Å²) in [4.78, 5) is 0. The molecule has 1 rings (SSSR count). The van der Waals surface area contributed by atoms with Crippen molar-refractivity contribution in [1.82, 2.24) is 5.32 Å². The Hall–Kier alpha value is -0.300. The maximum Gasteiger partial charge on any atom is 0.0224 e. The van der Waals surface area contributed by atoms with Crippen molar-refractivity contribution >= 4 is 0 Å². The van der Waals surface area contributed by atoms with E-state index in [2.05, 4.69) is 24.0 Å². The van der Waals surface area contributed by atoms with Gasteiger partial charge in [0.05, 0.1) is 0 Å². The second-order valence-electron chi connectivity index (χ2n) is 2.00. The lowest BCUT2D eigenvalue weighted by Gasteiger charge is -2.02. The molecule has 1 N–H and O–H groups in total. The highest BCUT2D eigenvalue weighted by atomic mass is 14.8. The molecule has 1 aliphatic rings. The van der Waals surface area contributed by atoms with Gasteiger partial charge >= 0.3 is 0 Å². The maximum atomic E-state index is 3.21. The molecule has 0 fully saturated rings. The molecule has 0 aromatic rings. The van der Waals surface area contributed by atoms with Crippen LogP contribution in [0.5, 0.6) is 0 Å². The van der Waals surface area contributed by atoms with Crippen LogP contribution in [0.2, 0.25) is 0 Å². The number of hydrogen-bond acceptors (Lipinski definition) is 1. The van der Waals surface area contributed by atoms with Gasteiger partial charge in [0.25, 0.3) is 0 Å². The van der Waals surface area contributed by atoms with Crippen LogP contribution in [-0.4, -0.2) is 6.54 Å². The first-order chi connectivity index (χ1) is 4.00. The fourth-order valence-electron chi connectivity index (χ4n) is 0.786. The van der Waals surface area contributed by atoms with Crippen molar-refractivity contribution in [2.24, 2.45) is 0 Å². The normalized spacial score (nSPS) is 22.0. The molecule has 0 bridgehead atoms. The summed E-state index contributed by atoms with van der Waals surface area (Å²) < 4.78 is 0. The van der Waals surface area contributed by atoms with Crippen LogP contribution in [0.15, 0.2) is 12.2 Å². The lowest BCUT2D eigenvalue weighted by atomic mass is 10.2. The Kier molecular flexibility index (Phi) is 2.68. The van der Waals surface area contributed by atoms with E-state index in [0.29, 0.717) is 0 Å². The average molecular weight is 110 g/mol. The predicted molar refractivity (Wildman–Crippen MR) is 35.3 cm³/mol. The summed E-state index contributed by atoms with van der Waals surface area (Å²) in [5.74, 6) is 0. The van der Waals surface area contributed by atoms with E-state index in [1.807, 2.05) is 0 Å². The molecule has 8 heavy (non-hydrogen) atoms. The molecule has 1 aliphatic heterocycles. The van der Waals surface area contributed by atoms with Crippen LogP contribution in [-0.2, 0) is 0 Å². The van der Waals surface area contributed by atoms with E-state index in [0.717, 1.165) is 6.54 Å². The molecule has 0 unspecified atom stereocenters. The molecular weight excluding hydrogens is 98.1 g/mol.